The molecule has 1 amide bonds. The minimum Gasteiger partial charge on any atom is -0.459 e. The fourth-order valence-electron chi connectivity index (χ4n) is 1.90. The van der Waals surface area contributed by atoms with Gasteiger partial charge in [-0.15, -0.1) is 0 Å². The van der Waals surface area contributed by atoms with Crippen molar-refractivity contribution in [3.63, 3.8) is 0 Å². The lowest BCUT2D eigenvalue weighted by Gasteiger charge is -2.19. The molecule has 2 N–H and O–H groups in total. The maximum Gasteiger partial charge on any atom is 0.326 e. The van der Waals surface area contributed by atoms with Gasteiger partial charge in [-0.3, -0.25) is 24.7 Å². The third-order valence-electron chi connectivity index (χ3n) is 2.96. The average Bonchev–Trinajstić information content (AvgIpc) is 2.80. The lowest BCUT2D eigenvalue weighted by molar-refractivity contribution is -0.155. The van der Waals surface area contributed by atoms with Crippen molar-refractivity contribution in [2.24, 2.45) is 5.92 Å². The zero-order chi connectivity index (χ0) is 18.1. The van der Waals surface area contributed by atoms with Gasteiger partial charge < -0.3 is 9.30 Å². The van der Waals surface area contributed by atoms with Gasteiger partial charge in [-0.2, -0.15) is 4.98 Å². The second-order valence-electron chi connectivity index (χ2n) is 6.69. The summed E-state index contributed by atoms with van der Waals surface area (Å²) >= 11 is 0. The Bertz CT molecular complexity index is 828. The number of aromatic nitrogens is 4. The van der Waals surface area contributed by atoms with E-state index in [1.54, 1.807) is 34.6 Å². The van der Waals surface area contributed by atoms with Crippen LogP contribution in [-0.4, -0.2) is 37.0 Å². The summed E-state index contributed by atoms with van der Waals surface area (Å²) in [5.74, 6) is -1.01. The van der Waals surface area contributed by atoms with E-state index in [-0.39, 0.29) is 35.5 Å². The van der Waals surface area contributed by atoms with Gasteiger partial charge in [0.25, 0.3) is 5.56 Å². The molecule has 0 unspecified atom stereocenters. The standard InChI is InChI=1S/C15H21N5O4/c1-8(2)12(22)18-14-17-11-10(13(23)19-14)16-7-20(11)6-9(21)24-15(3,4)5/h7-8H,6H2,1-5H3,(H2,17,18,19,22,23). The number of imidazole rings is 1. The second-order valence-corrected chi connectivity index (χ2v) is 6.69. The van der Waals surface area contributed by atoms with E-state index in [0.29, 0.717) is 0 Å². The minimum atomic E-state index is -0.616. The number of carbonyl (C=O) groups is 2. The molecular weight excluding hydrogens is 314 g/mol. The largest absolute Gasteiger partial charge is 0.459 e. The number of amides is 1. The monoisotopic (exact) mass is 335 g/mol. The fraction of sp³-hybridized carbons (Fsp3) is 0.533. The SMILES string of the molecule is CC(C)C(=O)Nc1nc2c(ncn2CC(=O)OC(C)(C)C)c(=O)[nH]1. The van der Waals surface area contributed by atoms with Crippen LogP contribution in [0, 0.1) is 5.92 Å². The lowest BCUT2D eigenvalue weighted by atomic mass is 10.2. The maximum atomic E-state index is 12.0. The summed E-state index contributed by atoms with van der Waals surface area (Å²) in [4.78, 5) is 46.3. The summed E-state index contributed by atoms with van der Waals surface area (Å²) in [5, 5.41) is 2.52. The number of rotatable bonds is 4. The molecular formula is C15H21N5O4. The van der Waals surface area contributed by atoms with Crippen molar-refractivity contribution >= 4 is 29.0 Å². The quantitative estimate of drug-likeness (QED) is 0.806. The highest BCUT2D eigenvalue weighted by atomic mass is 16.6. The van der Waals surface area contributed by atoms with Gasteiger partial charge in [-0.25, -0.2) is 4.98 Å². The molecule has 0 aliphatic carbocycles. The number of aromatic amines is 1. The van der Waals surface area contributed by atoms with Gasteiger partial charge in [0.2, 0.25) is 11.9 Å². The van der Waals surface area contributed by atoms with E-state index in [2.05, 4.69) is 20.3 Å². The maximum absolute atomic E-state index is 12.0. The molecule has 0 radical (unpaired) electrons. The predicted molar refractivity (Wildman–Crippen MR) is 87.5 cm³/mol. The summed E-state index contributed by atoms with van der Waals surface area (Å²) in [5.41, 5.74) is -0.832. The number of nitrogens with one attached hydrogen (secondary N) is 2. The van der Waals surface area contributed by atoms with Gasteiger partial charge in [0.15, 0.2) is 11.2 Å². The van der Waals surface area contributed by atoms with Gasteiger partial charge in [-0.05, 0) is 20.8 Å². The van der Waals surface area contributed by atoms with Crippen LogP contribution < -0.4 is 10.9 Å². The molecule has 0 saturated heterocycles. The van der Waals surface area contributed by atoms with Crippen molar-refractivity contribution < 1.29 is 14.3 Å². The topological polar surface area (TPSA) is 119 Å². The first-order chi connectivity index (χ1) is 11.1. The van der Waals surface area contributed by atoms with Crippen molar-refractivity contribution in [2.45, 2.75) is 46.8 Å². The molecule has 2 heterocycles. The van der Waals surface area contributed by atoms with Gasteiger partial charge in [0, 0.05) is 5.92 Å². The van der Waals surface area contributed by atoms with E-state index in [9.17, 15) is 14.4 Å². The van der Waals surface area contributed by atoms with Crippen LogP contribution in [0.5, 0.6) is 0 Å². The first-order valence-corrected chi connectivity index (χ1v) is 7.54. The first kappa shape index (κ1) is 17.6. The summed E-state index contributed by atoms with van der Waals surface area (Å²) in [6.07, 6.45) is 1.34. The highest BCUT2D eigenvalue weighted by Crippen LogP contribution is 2.11. The molecule has 2 aromatic rings. The van der Waals surface area contributed by atoms with E-state index < -0.39 is 17.1 Å². The Morgan fingerprint density at radius 1 is 1.38 bits per heavy atom. The van der Waals surface area contributed by atoms with E-state index in [4.69, 9.17) is 4.74 Å². The number of carbonyl (C=O) groups excluding carboxylic acids is 2. The Morgan fingerprint density at radius 3 is 2.62 bits per heavy atom. The second kappa shape index (κ2) is 6.42. The molecule has 130 valence electrons. The Balaban J connectivity index is 2.32. The molecule has 9 nitrogen and oxygen atoms in total. The number of H-pyrrole nitrogens is 1. The van der Waals surface area contributed by atoms with Gasteiger partial charge in [0.05, 0.1) is 6.33 Å². The third-order valence-corrected chi connectivity index (χ3v) is 2.96. The molecule has 0 bridgehead atoms. The number of hydrogen-bond acceptors (Lipinski definition) is 6. The number of esters is 1. The van der Waals surface area contributed by atoms with Crippen LogP contribution in [0.15, 0.2) is 11.1 Å². The Morgan fingerprint density at radius 2 is 2.04 bits per heavy atom. The summed E-state index contributed by atoms with van der Waals surface area (Å²) < 4.78 is 6.65. The number of anilines is 1. The van der Waals surface area contributed by atoms with Gasteiger partial charge in [0.1, 0.15) is 12.1 Å². The number of nitrogens with zero attached hydrogens (tertiary/aromatic N) is 3. The molecule has 0 atom stereocenters. The molecule has 0 aliphatic rings. The molecule has 24 heavy (non-hydrogen) atoms. The van der Waals surface area contributed by atoms with E-state index in [1.807, 2.05) is 0 Å². The fourth-order valence-corrected chi connectivity index (χ4v) is 1.90. The van der Waals surface area contributed by atoms with E-state index >= 15 is 0 Å². The van der Waals surface area contributed by atoms with Crippen molar-refractivity contribution in [1.29, 1.82) is 0 Å². The van der Waals surface area contributed by atoms with Crippen LogP contribution in [0.4, 0.5) is 5.95 Å². The van der Waals surface area contributed by atoms with Crippen LogP contribution in [0.1, 0.15) is 34.6 Å². The normalized spacial score (nSPS) is 11.8. The van der Waals surface area contributed by atoms with Crippen LogP contribution in [0.25, 0.3) is 11.2 Å². The molecule has 2 rings (SSSR count). The molecule has 0 fully saturated rings. The highest BCUT2D eigenvalue weighted by molar-refractivity contribution is 5.91. The number of ether oxygens (including phenoxy) is 1. The molecule has 0 spiro atoms. The molecule has 0 aliphatic heterocycles. The average molecular weight is 335 g/mol. The van der Waals surface area contributed by atoms with Crippen LogP contribution in [-0.2, 0) is 20.9 Å². The van der Waals surface area contributed by atoms with Gasteiger partial charge >= 0.3 is 5.97 Å². The highest BCUT2D eigenvalue weighted by Gasteiger charge is 2.19. The lowest BCUT2D eigenvalue weighted by Crippen LogP contribution is -2.26. The summed E-state index contributed by atoms with van der Waals surface area (Å²) in [7, 11) is 0. The van der Waals surface area contributed by atoms with E-state index in [0.717, 1.165) is 0 Å². The van der Waals surface area contributed by atoms with Crippen molar-refractivity contribution in [3.8, 4) is 0 Å². The van der Waals surface area contributed by atoms with E-state index in [1.165, 1.54) is 10.9 Å². The number of hydrogen-bond donors (Lipinski definition) is 2. The molecule has 2 aromatic heterocycles. The minimum absolute atomic E-state index is 0.0112. The number of fused-ring (bicyclic) bond motifs is 1. The molecule has 0 saturated carbocycles. The van der Waals surface area contributed by atoms with Crippen molar-refractivity contribution in [1.82, 2.24) is 19.5 Å². The third kappa shape index (κ3) is 4.18. The Labute approximate surface area is 138 Å². The van der Waals surface area contributed by atoms with Crippen LogP contribution >= 0.6 is 0 Å². The Kier molecular flexibility index (Phi) is 4.72. The van der Waals surface area contributed by atoms with Crippen LogP contribution in [0.3, 0.4) is 0 Å². The van der Waals surface area contributed by atoms with Gasteiger partial charge in [-0.1, -0.05) is 13.8 Å². The van der Waals surface area contributed by atoms with Crippen LogP contribution in [0.2, 0.25) is 0 Å². The zero-order valence-electron chi connectivity index (χ0n) is 14.3. The summed E-state index contributed by atoms with van der Waals surface area (Å²) in [6, 6.07) is 0. The predicted octanol–water partition coefficient (Wildman–Crippen LogP) is 1.06. The summed E-state index contributed by atoms with van der Waals surface area (Å²) in [6.45, 7) is 8.59. The Hall–Kier alpha value is -2.71. The van der Waals surface area contributed by atoms with Crippen molar-refractivity contribution in [3.05, 3.63) is 16.7 Å². The van der Waals surface area contributed by atoms with Crippen molar-refractivity contribution in [2.75, 3.05) is 5.32 Å². The molecule has 0 aromatic carbocycles. The molecule has 9 heteroatoms. The first-order valence-electron chi connectivity index (χ1n) is 7.54. The smallest absolute Gasteiger partial charge is 0.326 e. The zero-order valence-corrected chi connectivity index (χ0v) is 14.3.